The summed E-state index contributed by atoms with van der Waals surface area (Å²) in [4.78, 5) is 17.6. The minimum atomic E-state index is -2.82. The molecule has 0 bridgehead atoms. The second kappa shape index (κ2) is 13.4. The zero-order valence-corrected chi connectivity index (χ0v) is 24.2. The number of hydrogen-bond acceptors (Lipinski definition) is 6. The van der Waals surface area contributed by atoms with Crippen molar-refractivity contribution in [2.75, 3.05) is 39.1 Å². The van der Waals surface area contributed by atoms with Crippen LogP contribution < -0.4 is 14.8 Å². The first-order valence-corrected chi connectivity index (χ1v) is 14.6. The predicted molar refractivity (Wildman–Crippen MR) is 159 cm³/mol. The Hall–Kier alpha value is -3.85. The van der Waals surface area contributed by atoms with Gasteiger partial charge in [-0.15, -0.1) is 0 Å². The van der Waals surface area contributed by atoms with Crippen molar-refractivity contribution in [1.82, 2.24) is 9.80 Å². The molecule has 0 aromatic heterocycles. The van der Waals surface area contributed by atoms with Crippen LogP contribution in [-0.4, -0.2) is 60.6 Å². The zero-order chi connectivity index (χ0) is 29.6. The van der Waals surface area contributed by atoms with Gasteiger partial charge in [-0.05, 0) is 68.2 Å². The van der Waals surface area contributed by atoms with Crippen molar-refractivity contribution >= 4 is 11.6 Å². The quantitative estimate of drug-likeness (QED) is 0.274. The van der Waals surface area contributed by atoms with E-state index in [9.17, 15) is 18.7 Å². The van der Waals surface area contributed by atoms with Gasteiger partial charge in [0, 0.05) is 43.0 Å². The Kier molecular flexibility index (Phi) is 9.47. The lowest BCUT2D eigenvalue weighted by Crippen LogP contribution is -2.37. The van der Waals surface area contributed by atoms with Crippen LogP contribution in [0.5, 0.6) is 17.2 Å². The Bertz CT molecular complexity index is 1380. The number of amides is 1. The molecule has 0 saturated heterocycles. The highest BCUT2D eigenvalue weighted by atomic mass is 19.3. The van der Waals surface area contributed by atoms with Crippen LogP contribution in [0.4, 0.5) is 14.5 Å². The van der Waals surface area contributed by atoms with E-state index in [0.717, 1.165) is 59.6 Å². The number of rotatable bonds is 11. The molecule has 1 heterocycles. The summed E-state index contributed by atoms with van der Waals surface area (Å²) in [5.74, 6) is -0.229. The highest BCUT2D eigenvalue weighted by molar-refractivity contribution is 6.00. The molecule has 0 spiro atoms. The zero-order valence-electron chi connectivity index (χ0n) is 24.2. The minimum Gasteiger partial charge on any atom is -0.507 e. The van der Waals surface area contributed by atoms with Crippen molar-refractivity contribution in [3.05, 3.63) is 82.4 Å². The summed E-state index contributed by atoms with van der Waals surface area (Å²) in [6.07, 6.45) is 2.33. The molecule has 3 aromatic rings. The van der Waals surface area contributed by atoms with E-state index in [4.69, 9.17) is 9.47 Å². The van der Waals surface area contributed by atoms with E-state index in [1.165, 1.54) is 12.8 Å². The number of anilines is 1. The maximum atomic E-state index is 13.9. The molecule has 1 aliphatic heterocycles. The van der Waals surface area contributed by atoms with Crippen LogP contribution in [0.25, 0.3) is 0 Å². The number of nitrogens with one attached hydrogen (secondary N) is 1. The number of aromatic hydroxyl groups is 1. The number of hydrogen-bond donors (Lipinski definition) is 2. The van der Waals surface area contributed by atoms with Gasteiger partial charge in [-0.2, -0.15) is 0 Å². The van der Waals surface area contributed by atoms with E-state index in [1.54, 1.807) is 4.90 Å². The third-order valence-corrected chi connectivity index (χ3v) is 7.93. The number of phenols is 1. The topological polar surface area (TPSA) is 74.3 Å². The Morgan fingerprint density at radius 3 is 2.57 bits per heavy atom. The Labute approximate surface area is 246 Å². The molecule has 1 aliphatic carbocycles. The first-order chi connectivity index (χ1) is 20.3. The number of carbonyl (C=O) groups excluding carboxylic acids is 1. The molecular formula is C33H39F2N3O4. The highest BCUT2D eigenvalue weighted by Gasteiger charge is 2.30. The largest absolute Gasteiger partial charge is 0.507 e. The van der Waals surface area contributed by atoms with Gasteiger partial charge in [-0.1, -0.05) is 43.2 Å². The lowest BCUT2D eigenvalue weighted by Gasteiger charge is -2.32. The van der Waals surface area contributed by atoms with Gasteiger partial charge in [0.05, 0.1) is 0 Å². The van der Waals surface area contributed by atoms with Gasteiger partial charge < -0.3 is 29.7 Å². The summed E-state index contributed by atoms with van der Waals surface area (Å²) in [5, 5.41) is 14.5. The highest BCUT2D eigenvalue weighted by Crippen LogP contribution is 2.38. The van der Waals surface area contributed by atoms with Crippen molar-refractivity contribution in [2.45, 2.75) is 57.7 Å². The fourth-order valence-corrected chi connectivity index (χ4v) is 5.63. The van der Waals surface area contributed by atoms with Crippen LogP contribution in [0.3, 0.4) is 0 Å². The molecule has 5 rings (SSSR count). The average Bonchev–Trinajstić information content (AvgIpc) is 3.49. The first kappa shape index (κ1) is 29.6. The second-order valence-electron chi connectivity index (χ2n) is 11.4. The lowest BCUT2D eigenvalue weighted by atomic mass is 9.96. The number of nitrogens with zero attached hydrogens (tertiary/aromatic N) is 2. The van der Waals surface area contributed by atoms with Crippen LogP contribution >= 0.6 is 0 Å². The van der Waals surface area contributed by atoms with E-state index >= 15 is 0 Å². The number of halogens is 2. The molecule has 0 atom stereocenters. The fraction of sp³-hybridized carbons (Fsp3) is 0.424. The van der Waals surface area contributed by atoms with E-state index < -0.39 is 23.6 Å². The summed E-state index contributed by atoms with van der Waals surface area (Å²) in [5.41, 5.74) is 3.39. The molecule has 224 valence electrons. The summed E-state index contributed by atoms with van der Waals surface area (Å²) < 4.78 is 39.2. The van der Waals surface area contributed by atoms with Crippen LogP contribution in [0.1, 0.15) is 64.7 Å². The molecule has 1 fully saturated rings. The van der Waals surface area contributed by atoms with Crippen LogP contribution in [0.15, 0.2) is 54.6 Å². The molecule has 1 amide bonds. The van der Waals surface area contributed by atoms with E-state index in [0.29, 0.717) is 32.2 Å². The molecule has 1 saturated carbocycles. The maximum Gasteiger partial charge on any atom is 0.264 e. The lowest BCUT2D eigenvalue weighted by molar-refractivity contribution is 0.0726. The van der Waals surface area contributed by atoms with Gasteiger partial charge >= 0.3 is 0 Å². The predicted octanol–water partition coefficient (Wildman–Crippen LogP) is 6.40. The molecule has 3 aromatic carbocycles. The number of alkyl halides is 2. The molecule has 2 aliphatic rings. The third kappa shape index (κ3) is 7.13. The summed E-state index contributed by atoms with van der Waals surface area (Å²) in [6.45, 7) is 2.16. The third-order valence-electron chi connectivity index (χ3n) is 7.93. The normalized spacial score (nSPS) is 15.2. The first-order valence-electron chi connectivity index (χ1n) is 14.6. The van der Waals surface area contributed by atoms with Crippen molar-refractivity contribution < 1.29 is 28.2 Å². The van der Waals surface area contributed by atoms with E-state index in [1.807, 2.05) is 50.5 Å². The van der Waals surface area contributed by atoms with Gasteiger partial charge in [-0.25, -0.2) is 8.78 Å². The van der Waals surface area contributed by atoms with Crippen molar-refractivity contribution in [1.29, 1.82) is 0 Å². The fourth-order valence-electron chi connectivity index (χ4n) is 5.63. The Balaban J connectivity index is 1.42. The summed E-state index contributed by atoms with van der Waals surface area (Å²) in [7, 11) is 4.01. The Morgan fingerprint density at radius 1 is 1.10 bits per heavy atom. The van der Waals surface area contributed by atoms with E-state index in [2.05, 4.69) is 16.3 Å². The van der Waals surface area contributed by atoms with Crippen molar-refractivity contribution in [3.8, 4) is 17.2 Å². The summed E-state index contributed by atoms with van der Waals surface area (Å²) in [6, 6.07) is 15.8. The SMILES string of the molecule is CN(C)CCOc1cc2c(c(NC3CCCC3)c1)CN(C(=O)c1c(O)cc(C(F)F)cc1OCc1ccccc1)CC2. The molecule has 42 heavy (non-hydrogen) atoms. The van der Waals surface area contributed by atoms with Crippen molar-refractivity contribution in [3.63, 3.8) is 0 Å². The number of phenolic OH excluding ortho intramolecular Hbond substituents is 1. The average molecular weight is 580 g/mol. The van der Waals surface area contributed by atoms with E-state index in [-0.39, 0.29) is 17.9 Å². The standard InChI is InChI=1S/C33H39F2N3O4/c1-37(2)14-15-41-26-16-23-12-13-38(20-27(23)28(19-26)36-25-10-6-7-11-25)33(40)31-29(39)17-24(32(34)35)18-30(31)42-21-22-8-4-3-5-9-22/h3-5,8-9,16-19,25,32,36,39H,6-7,10-15,20-21H2,1-2H3. The van der Waals surface area contributed by atoms with Gasteiger partial charge in [0.15, 0.2) is 0 Å². The number of likely N-dealkylation sites (N-methyl/N-ethyl adjacent to an activating group) is 1. The second-order valence-corrected chi connectivity index (χ2v) is 11.4. The monoisotopic (exact) mass is 579 g/mol. The molecule has 0 radical (unpaired) electrons. The van der Waals surface area contributed by atoms with Gasteiger partial charge in [-0.3, -0.25) is 4.79 Å². The molecule has 0 unspecified atom stereocenters. The van der Waals surface area contributed by atoms with Crippen LogP contribution in [-0.2, 0) is 19.6 Å². The molecule has 7 nitrogen and oxygen atoms in total. The van der Waals surface area contributed by atoms with Crippen molar-refractivity contribution in [2.24, 2.45) is 0 Å². The van der Waals surface area contributed by atoms with Gasteiger partial charge in [0.1, 0.15) is 36.0 Å². The van der Waals surface area contributed by atoms with Crippen LogP contribution in [0.2, 0.25) is 0 Å². The number of ether oxygens (including phenoxy) is 2. The Morgan fingerprint density at radius 2 is 1.86 bits per heavy atom. The van der Waals surface area contributed by atoms with Gasteiger partial charge in [0.2, 0.25) is 0 Å². The molecular weight excluding hydrogens is 540 g/mol. The molecule has 9 heteroatoms. The smallest absolute Gasteiger partial charge is 0.264 e. The number of benzene rings is 3. The number of fused-ring (bicyclic) bond motifs is 1. The van der Waals surface area contributed by atoms with Crippen LogP contribution in [0, 0.1) is 0 Å². The molecule has 2 N–H and O–H groups in total. The van der Waals surface area contributed by atoms with Gasteiger partial charge in [0.25, 0.3) is 12.3 Å². The summed E-state index contributed by atoms with van der Waals surface area (Å²) >= 11 is 0. The number of carbonyl (C=O) groups is 1. The maximum absolute atomic E-state index is 13.9. The minimum absolute atomic E-state index is 0.0566.